The van der Waals surface area contributed by atoms with E-state index < -0.39 is 0 Å². The highest BCUT2D eigenvalue weighted by Crippen LogP contribution is 2.28. The number of rotatable bonds is 5. The molecule has 0 spiro atoms. The molecule has 0 saturated carbocycles. The Bertz CT molecular complexity index is 561. The topological polar surface area (TPSA) is 37.4 Å². The molecule has 4 nitrogen and oxygen atoms in total. The van der Waals surface area contributed by atoms with E-state index in [1.807, 2.05) is 12.1 Å². The van der Waals surface area contributed by atoms with E-state index in [0.717, 1.165) is 61.3 Å². The van der Waals surface area contributed by atoms with Crippen molar-refractivity contribution in [3.8, 4) is 17.0 Å². The van der Waals surface area contributed by atoms with E-state index in [1.54, 1.807) is 11.3 Å². The predicted octanol–water partition coefficient (Wildman–Crippen LogP) is 3.01. The molecular weight excluding hydrogens is 282 g/mol. The van der Waals surface area contributed by atoms with E-state index in [1.165, 1.54) is 0 Å². The molecule has 1 aliphatic heterocycles. The highest BCUT2D eigenvalue weighted by molar-refractivity contribution is 7.14. The summed E-state index contributed by atoms with van der Waals surface area (Å²) in [6.45, 7) is 7.04. The fourth-order valence-electron chi connectivity index (χ4n) is 2.34. The lowest BCUT2D eigenvalue weighted by atomic mass is 10.2. The molecule has 0 amide bonds. The number of nitrogens with one attached hydrogen (secondary N) is 1. The number of thiazole rings is 1. The smallest absolute Gasteiger partial charge is 0.185 e. The Hall–Kier alpha value is -1.59. The standard InChI is InChI=1S/C16H21N3OS/c1-2-11-20-14-5-3-13(4-6-14)15-12-21-16(18-15)19-9-7-17-8-10-19/h3-6,12,17H,2,7-11H2,1H3. The Balaban J connectivity index is 1.70. The minimum absolute atomic E-state index is 0.767. The van der Waals surface area contributed by atoms with Crippen LogP contribution in [0.1, 0.15) is 13.3 Å². The number of hydrogen-bond donors (Lipinski definition) is 1. The van der Waals surface area contributed by atoms with Gasteiger partial charge in [-0.3, -0.25) is 0 Å². The second kappa shape index (κ2) is 6.91. The van der Waals surface area contributed by atoms with Crippen molar-refractivity contribution in [3.05, 3.63) is 29.6 Å². The van der Waals surface area contributed by atoms with Crippen molar-refractivity contribution < 1.29 is 4.74 Å². The highest BCUT2D eigenvalue weighted by Gasteiger charge is 2.14. The summed E-state index contributed by atoms with van der Waals surface area (Å²) >= 11 is 1.72. The van der Waals surface area contributed by atoms with Gasteiger partial charge in [0, 0.05) is 37.1 Å². The van der Waals surface area contributed by atoms with E-state index in [4.69, 9.17) is 9.72 Å². The average Bonchev–Trinajstić information content (AvgIpc) is 3.04. The van der Waals surface area contributed by atoms with E-state index >= 15 is 0 Å². The molecule has 21 heavy (non-hydrogen) atoms. The summed E-state index contributed by atoms with van der Waals surface area (Å²) in [6, 6.07) is 8.22. The van der Waals surface area contributed by atoms with Gasteiger partial charge in [-0.25, -0.2) is 4.98 Å². The number of anilines is 1. The van der Waals surface area contributed by atoms with E-state index in [9.17, 15) is 0 Å². The van der Waals surface area contributed by atoms with Crippen molar-refractivity contribution in [2.75, 3.05) is 37.7 Å². The van der Waals surface area contributed by atoms with E-state index in [0.29, 0.717) is 0 Å². The quantitative estimate of drug-likeness (QED) is 0.921. The second-order valence-electron chi connectivity index (χ2n) is 5.13. The SMILES string of the molecule is CCCOc1ccc(-c2csc(N3CCNCC3)n2)cc1. The molecule has 2 aromatic rings. The summed E-state index contributed by atoms with van der Waals surface area (Å²) in [6.07, 6.45) is 1.03. The van der Waals surface area contributed by atoms with Gasteiger partial charge in [0.1, 0.15) is 5.75 Å². The molecule has 2 heterocycles. The molecule has 1 N–H and O–H groups in total. The van der Waals surface area contributed by atoms with E-state index in [2.05, 4.69) is 34.7 Å². The Morgan fingerprint density at radius 1 is 1.24 bits per heavy atom. The molecule has 0 unspecified atom stereocenters. The van der Waals surface area contributed by atoms with Crippen LogP contribution in [0.3, 0.4) is 0 Å². The minimum atomic E-state index is 0.767. The number of ether oxygens (including phenoxy) is 1. The van der Waals surface area contributed by atoms with Crippen molar-refractivity contribution in [2.45, 2.75) is 13.3 Å². The molecule has 3 rings (SSSR count). The lowest BCUT2D eigenvalue weighted by Crippen LogP contribution is -2.43. The third-order valence-corrected chi connectivity index (χ3v) is 4.40. The third kappa shape index (κ3) is 3.54. The first-order chi connectivity index (χ1) is 10.4. The predicted molar refractivity (Wildman–Crippen MR) is 88.4 cm³/mol. The number of nitrogens with zero attached hydrogens (tertiary/aromatic N) is 2. The van der Waals surface area contributed by atoms with Crippen molar-refractivity contribution in [1.82, 2.24) is 10.3 Å². The maximum absolute atomic E-state index is 5.61. The summed E-state index contributed by atoms with van der Waals surface area (Å²) in [5.74, 6) is 0.929. The van der Waals surface area contributed by atoms with Gasteiger partial charge in [0.25, 0.3) is 0 Å². The fraction of sp³-hybridized carbons (Fsp3) is 0.438. The van der Waals surface area contributed by atoms with Crippen LogP contribution in [0.25, 0.3) is 11.3 Å². The number of hydrogen-bond acceptors (Lipinski definition) is 5. The van der Waals surface area contributed by atoms with Gasteiger partial charge in [-0.15, -0.1) is 11.3 Å². The molecule has 112 valence electrons. The van der Waals surface area contributed by atoms with E-state index in [-0.39, 0.29) is 0 Å². The van der Waals surface area contributed by atoms with Gasteiger partial charge in [-0.1, -0.05) is 6.92 Å². The molecule has 0 aliphatic carbocycles. The van der Waals surface area contributed by atoms with Crippen LogP contribution in [0, 0.1) is 0 Å². The van der Waals surface area contributed by atoms with Crippen molar-refractivity contribution in [2.24, 2.45) is 0 Å². The molecule has 1 aliphatic rings. The molecule has 0 bridgehead atoms. The Kier molecular flexibility index (Phi) is 4.72. The summed E-state index contributed by atoms with van der Waals surface area (Å²) in [5, 5.41) is 6.63. The molecule has 1 aromatic carbocycles. The van der Waals surface area contributed by atoms with Crippen LogP contribution in [0.5, 0.6) is 5.75 Å². The third-order valence-electron chi connectivity index (χ3n) is 3.50. The summed E-state index contributed by atoms with van der Waals surface area (Å²) in [7, 11) is 0. The monoisotopic (exact) mass is 303 g/mol. The highest BCUT2D eigenvalue weighted by atomic mass is 32.1. The van der Waals surface area contributed by atoms with Gasteiger partial charge in [0.15, 0.2) is 5.13 Å². The minimum Gasteiger partial charge on any atom is -0.494 e. The zero-order valence-corrected chi connectivity index (χ0v) is 13.2. The largest absolute Gasteiger partial charge is 0.494 e. The lowest BCUT2D eigenvalue weighted by molar-refractivity contribution is 0.317. The number of piperazine rings is 1. The number of aromatic nitrogens is 1. The van der Waals surface area contributed by atoms with Crippen molar-refractivity contribution >= 4 is 16.5 Å². The molecule has 1 saturated heterocycles. The maximum Gasteiger partial charge on any atom is 0.185 e. The zero-order valence-electron chi connectivity index (χ0n) is 12.3. The van der Waals surface area contributed by atoms with Crippen LogP contribution in [-0.2, 0) is 0 Å². The molecule has 5 heteroatoms. The maximum atomic E-state index is 5.61. The summed E-state index contributed by atoms with van der Waals surface area (Å²) in [5.41, 5.74) is 2.20. The zero-order chi connectivity index (χ0) is 14.5. The summed E-state index contributed by atoms with van der Waals surface area (Å²) in [4.78, 5) is 7.12. The van der Waals surface area contributed by atoms with Gasteiger partial charge in [-0.05, 0) is 30.7 Å². The van der Waals surface area contributed by atoms with Crippen molar-refractivity contribution in [1.29, 1.82) is 0 Å². The average molecular weight is 303 g/mol. The van der Waals surface area contributed by atoms with Crippen LogP contribution in [0.2, 0.25) is 0 Å². The molecule has 1 aromatic heterocycles. The van der Waals surface area contributed by atoms with Gasteiger partial charge < -0.3 is 15.0 Å². The van der Waals surface area contributed by atoms with Gasteiger partial charge in [0.2, 0.25) is 0 Å². The molecule has 0 radical (unpaired) electrons. The molecule has 1 fully saturated rings. The fourth-order valence-corrected chi connectivity index (χ4v) is 3.23. The van der Waals surface area contributed by atoms with Crippen LogP contribution >= 0.6 is 11.3 Å². The lowest BCUT2D eigenvalue weighted by Gasteiger charge is -2.26. The van der Waals surface area contributed by atoms with Gasteiger partial charge in [0.05, 0.1) is 12.3 Å². The summed E-state index contributed by atoms with van der Waals surface area (Å²) < 4.78 is 5.61. The second-order valence-corrected chi connectivity index (χ2v) is 5.96. The first kappa shape index (κ1) is 14.4. The van der Waals surface area contributed by atoms with Crippen LogP contribution < -0.4 is 15.0 Å². The Labute approximate surface area is 129 Å². The normalized spacial score (nSPS) is 15.2. The van der Waals surface area contributed by atoms with Crippen LogP contribution in [0.15, 0.2) is 29.6 Å². The first-order valence-corrected chi connectivity index (χ1v) is 8.39. The Morgan fingerprint density at radius 3 is 2.71 bits per heavy atom. The van der Waals surface area contributed by atoms with Gasteiger partial charge >= 0.3 is 0 Å². The van der Waals surface area contributed by atoms with Crippen LogP contribution in [0.4, 0.5) is 5.13 Å². The first-order valence-electron chi connectivity index (χ1n) is 7.51. The van der Waals surface area contributed by atoms with Crippen LogP contribution in [-0.4, -0.2) is 37.8 Å². The molecule has 0 atom stereocenters. The Morgan fingerprint density at radius 2 is 2.00 bits per heavy atom. The van der Waals surface area contributed by atoms with Crippen molar-refractivity contribution in [3.63, 3.8) is 0 Å². The van der Waals surface area contributed by atoms with Gasteiger partial charge in [-0.2, -0.15) is 0 Å². The molecular formula is C16H21N3OS. The number of benzene rings is 1.